The maximum atomic E-state index is 14.8. The van der Waals surface area contributed by atoms with Gasteiger partial charge >= 0.3 is 11.9 Å². The lowest BCUT2D eigenvalue weighted by Gasteiger charge is -2.41. The molecule has 1 amide bonds. The predicted molar refractivity (Wildman–Crippen MR) is 171 cm³/mol. The van der Waals surface area contributed by atoms with Gasteiger partial charge in [-0.05, 0) is 75.5 Å². The van der Waals surface area contributed by atoms with Crippen LogP contribution >= 0.6 is 0 Å². The van der Waals surface area contributed by atoms with Crippen LogP contribution in [0.4, 0.5) is 5.69 Å². The van der Waals surface area contributed by atoms with E-state index in [1.807, 2.05) is 55.4 Å². The topological polar surface area (TPSA) is 156 Å². The smallest absolute Gasteiger partial charge is 0.414 e. The summed E-state index contributed by atoms with van der Waals surface area (Å²) in [5, 5.41) is 19.0. The van der Waals surface area contributed by atoms with Crippen molar-refractivity contribution in [2.75, 3.05) is 39.3 Å². The normalized spacial score (nSPS) is 18.6. The number of fused-ring (bicyclic) bond motifs is 1. The minimum absolute atomic E-state index is 0.0250. The first-order chi connectivity index (χ1) is 21.9. The minimum Gasteiger partial charge on any atom is -0.493 e. The zero-order valence-corrected chi connectivity index (χ0v) is 26.9. The first-order valence-electron chi connectivity index (χ1n) is 14.9. The number of allylic oxidation sites excluding steroid dienone is 3. The van der Waals surface area contributed by atoms with Gasteiger partial charge in [-0.1, -0.05) is 47.7 Å². The van der Waals surface area contributed by atoms with Gasteiger partial charge in [0, 0.05) is 25.6 Å². The Hall–Kier alpha value is -4.97. The number of ether oxygens (including phenoxy) is 2. The summed E-state index contributed by atoms with van der Waals surface area (Å²) in [6, 6.07) is 12.2. The van der Waals surface area contributed by atoms with Crippen molar-refractivity contribution in [3.05, 3.63) is 83.0 Å². The summed E-state index contributed by atoms with van der Waals surface area (Å²) in [6.45, 7) is 7.21. The second-order valence-corrected chi connectivity index (χ2v) is 11.6. The van der Waals surface area contributed by atoms with Crippen molar-refractivity contribution in [2.24, 2.45) is 0 Å². The van der Waals surface area contributed by atoms with Gasteiger partial charge in [-0.2, -0.15) is 4.98 Å². The fourth-order valence-electron chi connectivity index (χ4n) is 5.52. The van der Waals surface area contributed by atoms with Crippen molar-refractivity contribution >= 4 is 29.1 Å². The standard InChI is InChI=1S/C32H38N4O4.C2H2O4/c1-21-9-7-8-10-26(21)24-13-15-32(16-14-24,30-33-23(3)40-34-30)31(37)36-22(2)11-12-25-19-28(38-6)29(20-27(25)36)39-18-17-35(4)5;3-1(4)2(5)6/h7-10,13-15,19-20,22H,11-12,16-18H2,1-6H3;(H,3,4)(H,5,6). The molecule has 2 aliphatic rings. The summed E-state index contributed by atoms with van der Waals surface area (Å²) in [5.41, 5.74) is 4.20. The molecule has 0 radical (unpaired) electrons. The number of carbonyl (C=O) groups excluding carboxylic acids is 1. The van der Waals surface area contributed by atoms with Crippen LogP contribution < -0.4 is 14.4 Å². The Morgan fingerprint density at radius 1 is 1.11 bits per heavy atom. The van der Waals surface area contributed by atoms with Crippen molar-refractivity contribution in [1.82, 2.24) is 15.0 Å². The third-order valence-corrected chi connectivity index (χ3v) is 8.05. The number of aliphatic carboxylic acids is 2. The number of benzene rings is 2. The fourth-order valence-corrected chi connectivity index (χ4v) is 5.52. The van der Waals surface area contributed by atoms with Gasteiger partial charge in [0.2, 0.25) is 11.8 Å². The number of anilines is 1. The van der Waals surface area contributed by atoms with Crippen LogP contribution in [-0.2, 0) is 26.2 Å². The lowest BCUT2D eigenvalue weighted by Crippen LogP contribution is -2.52. The van der Waals surface area contributed by atoms with Crippen LogP contribution in [0.5, 0.6) is 11.5 Å². The van der Waals surface area contributed by atoms with E-state index < -0.39 is 17.4 Å². The summed E-state index contributed by atoms with van der Waals surface area (Å²) < 4.78 is 17.2. The molecule has 46 heavy (non-hydrogen) atoms. The Morgan fingerprint density at radius 2 is 1.83 bits per heavy atom. The predicted octanol–water partition coefficient (Wildman–Crippen LogP) is 4.44. The molecular formula is C34H40N4O8. The molecule has 1 aliphatic heterocycles. The number of rotatable bonds is 8. The second kappa shape index (κ2) is 14.4. The van der Waals surface area contributed by atoms with E-state index in [2.05, 4.69) is 47.1 Å². The number of carboxylic acid groups (broad SMARTS) is 2. The molecule has 2 N–H and O–H groups in total. The van der Waals surface area contributed by atoms with Crippen molar-refractivity contribution in [1.29, 1.82) is 0 Å². The molecule has 0 saturated heterocycles. The molecule has 0 spiro atoms. The van der Waals surface area contributed by atoms with Crippen molar-refractivity contribution in [2.45, 2.75) is 51.5 Å². The summed E-state index contributed by atoms with van der Waals surface area (Å²) >= 11 is 0. The molecule has 0 bridgehead atoms. The number of carboxylic acids is 2. The highest BCUT2D eigenvalue weighted by Crippen LogP contribution is 2.44. The molecule has 1 aliphatic carbocycles. The number of hydrogen-bond acceptors (Lipinski definition) is 9. The summed E-state index contributed by atoms with van der Waals surface area (Å²) in [5.74, 6) is -1.63. The van der Waals surface area contributed by atoms with Crippen molar-refractivity contribution < 1.29 is 38.6 Å². The van der Waals surface area contributed by atoms with E-state index in [9.17, 15) is 4.79 Å². The van der Waals surface area contributed by atoms with Gasteiger partial charge in [0.25, 0.3) is 0 Å². The quantitative estimate of drug-likeness (QED) is 0.339. The van der Waals surface area contributed by atoms with Crippen molar-refractivity contribution in [3.8, 4) is 11.5 Å². The average Bonchev–Trinajstić information content (AvgIpc) is 3.47. The first kappa shape index (κ1) is 33.9. The van der Waals surface area contributed by atoms with Gasteiger partial charge in [-0.3, -0.25) is 4.79 Å². The lowest BCUT2D eigenvalue weighted by atomic mass is 9.75. The largest absolute Gasteiger partial charge is 0.493 e. The molecule has 5 rings (SSSR count). The van der Waals surface area contributed by atoms with Crippen LogP contribution in [0.3, 0.4) is 0 Å². The molecule has 244 valence electrons. The van der Waals surface area contributed by atoms with E-state index in [1.165, 1.54) is 5.56 Å². The monoisotopic (exact) mass is 632 g/mol. The van der Waals surface area contributed by atoms with Gasteiger partial charge in [0.1, 0.15) is 12.0 Å². The Labute approximate surface area is 267 Å². The SMILES string of the molecule is COc1cc2c(cc1OCCN(C)C)N(C(=O)C1(c3noc(C)n3)C=CC(c3ccccc3C)=CC1)C(C)CC2.O=C(O)C(=O)O. The maximum absolute atomic E-state index is 14.8. The van der Waals surface area contributed by atoms with E-state index in [0.29, 0.717) is 36.2 Å². The summed E-state index contributed by atoms with van der Waals surface area (Å²) in [7, 11) is 5.66. The molecule has 12 nitrogen and oxygen atoms in total. The van der Waals surface area contributed by atoms with Gasteiger partial charge in [-0.15, -0.1) is 0 Å². The Bertz CT molecular complexity index is 1650. The zero-order chi connectivity index (χ0) is 33.6. The highest BCUT2D eigenvalue weighted by atomic mass is 16.5. The molecule has 12 heteroatoms. The number of aryl methyl sites for hydroxylation is 3. The maximum Gasteiger partial charge on any atom is 0.414 e. The number of likely N-dealkylation sites (N-methyl/N-ethyl adjacent to an activating group) is 1. The van der Waals surface area contributed by atoms with E-state index in [4.69, 9.17) is 33.8 Å². The Balaban J connectivity index is 0.000000731. The van der Waals surface area contributed by atoms with E-state index in [1.54, 1.807) is 14.0 Å². The first-order valence-corrected chi connectivity index (χ1v) is 14.9. The fraction of sp³-hybridized carbons (Fsp3) is 0.382. The molecule has 2 atom stereocenters. The number of amides is 1. The average molecular weight is 633 g/mol. The van der Waals surface area contributed by atoms with Crippen LogP contribution in [0, 0.1) is 13.8 Å². The van der Waals surface area contributed by atoms with Crippen LogP contribution in [0.2, 0.25) is 0 Å². The number of carbonyl (C=O) groups is 3. The van der Waals surface area contributed by atoms with Crippen LogP contribution in [0.15, 0.2) is 59.1 Å². The second-order valence-electron chi connectivity index (χ2n) is 11.6. The lowest BCUT2D eigenvalue weighted by molar-refractivity contribution is -0.159. The molecule has 1 aromatic heterocycles. The Kier molecular flexibility index (Phi) is 10.6. The van der Waals surface area contributed by atoms with Gasteiger partial charge in [0.05, 0.1) is 12.8 Å². The van der Waals surface area contributed by atoms with Gasteiger partial charge < -0.3 is 34.0 Å². The molecule has 0 fully saturated rings. The van der Waals surface area contributed by atoms with E-state index >= 15 is 0 Å². The number of nitrogens with zero attached hydrogens (tertiary/aromatic N) is 4. The summed E-state index contributed by atoms with van der Waals surface area (Å²) in [6.07, 6.45) is 8.19. The third-order valence-electron chi connectivity index (χ3n) is 8.05. The van der Waals surface area contributed by atoms with Crippen molar-refractivity contribution in [3.63, 3.8) is 0 Å². The van der Waals surface area contributed by atoms with E-state index in [-0.39, 0.29) is 11.9 Å². The van der Waals surface area contributed by atoms with Gasteiger partial charge in [-0.25, -0.2) is 9.59 Å². The van der Waals surface area contributed by atoms with Gasteiger partial charge in [0.15, 0.2) is 17.3 Å². The van der Waals surface area contributed by atoms with Crippen LogP contribution in [0.1, 0.15) is 48.2 Å². The molecule has 2 unspecified atom stereocenters. The van der Waals surface area contributed by atoms with Crippen LogP contribution in [0.25, 0.3) is 5.57 Å². The Morgan fingerprint density at radius 3 is 2.39 bits per heavy atom. The zero-order valence-electron chi connectivity index (χ0n) is 26.9. The number of methoxy groups -OCH3 is 1. The highest BCUT2D eigenvalue weighted by Gasteiger charge is 2.48. The molecule has 0 saturated carbocycles. The van der Waals surface area contributed by atoms with E-state index in [0.717, 1.165) is 41.8 Å². The molecule has 2 aromatic carbocycles. The number of hydrogen-bond donors (Lipinski definition) is 2. The number of aromatic nitrogens is 2. The molecule has 2 heterocycles. The molecule has 3 aromatic rings. The van der Waals surface area contributed by atoms with Crippen LogP contribution in [-0.4, -0.2) is 83.5 Å². The third kappa shape index (κ3) is 7.28. The highest BCUT2D eigenvalue weighted by molar-refractivity contribution is 6.27. The minimum atomic E-state index is -1.82. The summed E-state index contributed by atoms with van der Waals surface area (Å²) in [4.78, 5) is 41.5. The molecular weight excluding hydrogens is 592 g/mol.